The number of nitriles is 1. The first-order valence-electron chi connectivity index (χ1n) is 8.05. The van der Waals surface area contributed by atoms with Gasteiger partial charge in [0, 0.05) is 12.6 Å². The normalized spacial score (nSPS) is 10.9. The molecule has 1 heterocycles. The molecule has 9 nitrogen and oxygen atoms in total. The van der Waals surface area contributed by atoms with Gasteiger partial charge in [-0.05, 0) is 36.4 Å². The van der Waals surface area contributed by atoms with E-state index in [-0.39, 0.29) is 27.9 Å². The van der Waals surface area contributed by atoms with Crippen LogP contribution >= 0.6 is 0 Å². The van der Waals surface area contributed by atoms with Crippen molar-refractivity contribution >= 4 is 27.4 Å². The van der Waals surface area contributed by atoms with Crippen molar-refractivity contribution in [3.63, 3.8) is 0 Å². The van der Waals surface area contributed by atoms with E-state index in [9.17, 15) is 13.2 Å². The number of hydrogen-bond acceptors (Lipinski definition) is 6. The monoisotopic (exact) mass is 396 g/mol. The lowest BCUT2D eigenvalue weighted by molar-refractivity contribution is 0.0963. The second-order valence-corrected chi connectivity index (χ2v) is 7.38. The summed E-state index contributed by atoms with van der Waals surface area (Å²) in [6.07, 6.45) is 1.30. The predicted molar refractivity (Wildman–Crippen MR) is 103 cm³/mol. The molecule has 0 spiro atoms. The first-order chi connectivity index (χ1) is 13.4. The van der Waals surface area contributed by atoms with Crippen molar-refractivity contribution in [2.24, 2.45) is 0 Å². The molecule has 0 aliphatic carbocycles. The number of amides is 1. The topological polar surface area (TPSA) is 143 Å². The van der Waals surface area contributed by atoms with Crippen LogP contribution in [0.2, 0.25) is 0 Å². The fraction of sp³-hybridized carbons (Fsp3) is 0.0556. The number of nitrogen functional groups attached to an aromatic ring is 1. The number of nitrogens with two attached hydrogens (primary N) is 1. The molecule has 0 unspecified atom stereocenters. The number of aromatic nitrogens is 2. The van der Waals surface area contributed by atoms with E-state index in [1.807, 2.05) is 6.07 Å². The molecule has 3 aromatic rings. The Bertz CT molecular complexity index is 1180. The summed E-state index contributed by atoms with van der Waals surface area (Å²) in [7, 11) is -2.44. The van der Waals surface area contributed by atoms with E-state index in [0.29, 0.717) is 11.3 Å². The van der Waals surface area contributed by atoms with Gasteiger partial charge in [0.2, 0.25) is 0 Å². The summed E-state index contributed by atoms with van der Waals surface area (Å²) in [6, 6.07) is 14.0. The van der Waals surface area contributed by atoms with Gasteiger partial charge in [-0.15, -0.1) is 0 Å². The molecule has 0 fully saturated rings. The van der Waals surface area contributed by atoms with Crippen molar-refractivity contribution in [3.8, 4) is 11.8 Å². The summed E-state index contributed by atoms with van der Waals surface area (Å²) < 4.78 is 29.3. The number of hydrogen-bond donors (Lipinski definition) is 3. The number of nitrogens with zero attached hydrogens (tertiary/aromatic N) is 3. The quantitative estimate of drug-likeness (QED) is 0.596. The van der Waals surface area contributed by atoms with Gasteiger partial charge in [0.05, 0.1) is 22.5 Å². The Balaban J connectivity index is 1.96. The Morgan fingerprint density at radius 1 is 1.18 bits per heavy atom. The van der Waals surface area contributed by atoms with Gasteiger partial charge in [-0.1, -0.05) is 12.1 Å². The SMILES string of the molecule is CNC(=O)c1ccc(S(=O)(=O)Nc2ccccc2-n2ncc(C#N)c2N)cc1. The van der Waals surface area contributed by atoms with Crippen LogP contribution in [0.5, 0.6) is 0 Å². The number of rotatable bonds is 5. The lowest BCUT2D eigenvalue weighted by atomic mass is 10.2. The van der Waals surface area contributed by atoms with Crippen LogP contribution in [0.25, 0.3) is 5.69 Å². The summed E-state index contributed by atoms with van der Waals surface area (Å²) >= 11 is 0. The third-order valence-electron chi connectivity index (χ3n) is 3.96. The van der Waals surface area contributed by atoms with Gasteiger partial charge in [0.15, 0.2) is 0 Å². The average molecular weight is 396 g/mol. The molecule has 0 radical (unpaired) electrons. The minimum atomic E-state index is -3.93. The summed E-state index contributed by atoms with van der Waals surface area (Å²) in [4.78, 5) is 11.6. The average Bonchev–Trinajstić information content (AvgIpc) is 3.08. The Labute approximate surface area is 161 Å². The first-order valence-corrected chi connectivity index (χ1v) is 9.53. The van der Waals surface area contributed by atoms with Crippen LogP contribution in [-0.2, 0) is 10.0 Å². The van der Waals surface area contributed by atoms with Crippen LogP contribution < -0.4 is 15.8 Å². The van der Waals surface area contributed by atoms with Crippen molar-refractivity contribution in [2.75, 3.05) is 17.5 Å². The first kappa shape index (κ1) is 18.9. The van der Waals surface area contributed by atoms with E-state index in [2.05, 4.69) is 15.1 Å². The fourth-order valence-electron chi connectivity index (χ4n) is 2.51. The van der Waals surface area contributed by atoms with Crippen LogP contribution in [0.4, 0.5) is 11.5 Å². The maximum absolute atomic E-state index is 12.8. The molecule has 0 atom stereocenters. The largest absolute Gasteiger partial charge is 0.382 e. The maximum Gasteiger partial charge on any atom is 0.261 e. The van der Waals surface area contributed by atoms with Crippen LogP contribution in [-0.4, -0.2) is 31.2 Å². The highest BCUT2D eigenvalue weighted by Gasteiger charge is 2.19. The number of benzene rings is 2. The minimum absolute atomic E-state index is 0.0129. The summed E-state index contributed by atoms with van der Waals surface area (Å²) in [5, 5.41) is 15.6. The lowest BCUT2D eigenvalue weighted by Gasteiger charge is -2.13. The molecular formula is C18H16N6O3S. The standard InChI is InChI=1S/C18H16N6O3S/c1-21-18(25)12-6-8-14(9-7-12)28(26,27)23-15-4-2-3-5-16(15)24-17(20)13(10-19)11-22-24/h2-9,11,23H,20H2,1H3,(H,21,25). The molecule has 4 N–H and O–H groups in total. The summed E-state index contributed by atoms with van der Waals surface area (Å²) in [5.74, 6) is -0.214. The van der Waals surface area contributed by atoms with E-state index < -0.39 is 10.0 Å². The summed E-state index contributed by atoms with van der Waals surface area (Å²) in [6.45, 7) is 0. The zero-order valence-electron chi connectivity index (χ0n) is 14.7. The molecule has 1 aromatic heterocycles. The van der Waals surface area contributed by atoms with E-state index >= 15 is 0 Å². The molecule has 3 rings (SSSR count). The molecule has 10 heteroatoms. The van der Waals surface area contributed by atoms with Crippen LogP contribution in [0.1, 0.15) is 15.9 Å². The number of para-hydroxylation sites is 2. The number of carbonyl (C=O) groups excluding carboxylic acids is 1. The van der Waals surface area contributed by atoms with E-state index in [1.165, 1.54) is 42.2 Å². The molecule has 142 valence electrons. The minimum Gasteiger partial charge on any atom is -0.382 e. The summed E-state index contributed by atoms with van der Waals surface area (Å²) in [5.41, 5.74) is 7.04. The highest BCUT2D eigenvalue weighted by Crippen LogP contribution is 2.26. The van der Waals surface area contributed by atoms with E-state index in [0.717, 1.165) is 0 Å². The van der Waals surface area contributed by atoms with Crippen LogP contribution in [0.3, 0.4) is 0 Å². The molecule has 0 bridgehead atoms. The Kier molecular flexibility index (Phi) is 5.02. The van der Waals surface area contributed by atoms with Crippen LogP contribution in [0.15, 0.2) is 59.6 Å². The van der Waals surface area contributed by atoms with E-state index in [1.54, 1.807) is 24.3 Å². The molecule has 1 amide bonds. The molecule has 28 heavy (non-hydrogen) atoms. The van der Waals surface area contributed by atoms with Crippen molar-refractivity contribution in [3.05, 3.63) is 65.9 Å². The van der Waals surface area contributed by atoms with Gasteiger partial charge in [-0.25, -0.2) is 13.1 Å². The second-order valence-electron chi connectivity index (χ2n) is 5.69. The number of carbonyl (C=O) groups is 1. The van der Waals surface area contributed by atoms with Crippen molar-refractivity contribution < 1.29 is 13.2 Å². The van der Waals surface area contributed by atoms with Gasteiger partial charge in [-0.2, -0.15) is 10.4 Å². The highest BCUT2D eigenvalue weighted by molar-refractivity contribution is 7.92. The Hall–Kier alpha value is -3.84. The molecular weight excluding hydrogens is 380 g/mol. The maximum atomic E-state index is 12.8. The van der Waals surface area contributed by atoms with Crippen molar-refractivity contribution in [2.45, 2.75) is 4.90 Å². The van der Waals surface area contributed by atoms with Crippen LogP contribution in [0, 0.1) is 11.3 Å². The Morgan fingerprint density at radius 2 is 1.86 bits per heavy atom. The van der Waals surface area contributed by atoms with Crippen molar-refractivity contribution in [1.82, 2.24) is 15.1 Å². The third-order valence-corrected chi connectivity index (χ3v) is 5.34. The second kappa shape index (κ2) is 7.42. The van der Waals surface area contributed by atoms with Gasteiger partial charge >= 0.3 is 0 Å². The molecule has 0 aliphatic heterocycles. The van der Waals surface area contributed by atoms with Crippen molar-refractivity contribution in [1.29, 1.82) is 5.26 Å². The number of nitrogens with one attached hydrogen (secondary N) is 2. The van der Waals surface area contributed by atoms with Gasteiger partial charge in [0.1, 0.15) is 17.5 Å². The fourth-order valence-corrected chi connectivity index (χ4v) is 3.59. The molecule has 2 aromatic carbocycles. The van der Waals surface area contributed by atoms with Gasteiger partial charge < -0.3 is 11.1 Å². The molecule has 0 saturated heterocycles. The third kappa shape index (κ3) is 3.51. The smallest absolute Gasteiger partial charge is 0.261 e. The van der Waals surface area contributed by atoms with Gasteiger partial charge in [-0.3, -0.25) is 9.52 Å². The predicted octanol–water partition coefficient (Wildman–Crippen LogP) is 1.49. The Morgan fingerprint density at radius 3 is 2.46 bits per heavy atom. The van der Waals surface area contributed by atoms with Gasteiger partial charge in [0.25, 0.3) is 15.9 Å². The zero-order chi connectivity index (χ0) is 20.3. The number of anilines is 2. The number of sulfonamides is 1. The zero-order valence-corrected chi connectivity index (χ0v) is 15.6. The highest BCUT2D eigenvalue weighted by atomic mass is 32.2. The lowest BCUT2D eigenvalue weighted by Crippen LogP contribution is -2.18. The molecule has 0 aliphatic rings. The molecule has 0 saturated carbocycles. The van der Waals surface area contributed by atoms with E-state index in [4.69, 9.17) is 11.0 Å².